The zero-order chi connectivity index (χ0) is 14.9. The number of hydrogen-bond donors (Lipinski definition) is 0. The molecule has 0 amide bonds. The standard InChI is InChI=1S/C19H18O2/c1-19(13-5-8-17(19)20)16-11-9-15(10-12-16)18(21)14-6-3-2-4-7-14/h2-4,6-7,9-12H,5,8,13H2,1H3/t19-/m1/s1. The molecule has 0 saturated heterocycles. The fourth-order valence-electron chi connectivity index (χ4n) is 3.07. The maximum atomic E-state index is 12.4. The van der Waals surface area contributed by atoms with Crippen molar-refractivity contribution in [2.45, 2.75) is 31.6 Å². The van der Waals surface area contributed by atoms with Crippen LogP contribution in [0.15, 0.2) is 54.6 Å². The van der Waals surface area contributed by atoms with E-state index in [-0.39, 0.29) is 11.2 Å². The molecule has 0 radical (unpaired) electrons. The highest BCUT2D eigenvalue weighted by Crippen LogP contribution is 2.37. The van der Waals surface area contributed by atoms with Gasteiger partial charge in [-0.1, -0.05) is 54.6 Å². The van der Waals surface area contributed by atoms with Crippen LogP contribution in [0.3, 0.4) is 0 Å². The molecule has 0 aliphatic heterocycles. The lowest BCUT2D eigenvalue weighted by atomic mass is 9.80. The quantitative estimate of drug-likeness (QED) is 0.797. The van der Waals surface area contributed by atoms with Crippen LogP contribution in [0.1, 0.15) is 47.7 Å². The Morgan fingerprint density at radius 3 is 2.14 bits per heavy atom. The van der Waals surface area contributed by atoms with E-state index in [0.717, 1.165) is 18.4 Å². The van der Waals surface area contributed by atoms with E-state index in [9.17, 15) is 9.59 Å². The van der Waals surface area contributed by atoms with Crippen molar-refractivity contribution in [1.29, 1.82) is 0 Å². The Bertz CT molecular complexity index is 670. The van der Waals surface area contributed by atoms with Gasteiger partial charge in [-0.25, -0.2) is 0 Å². The summed E-state index contributed by atoms with van der Waals surface area (Å²) >= 11 is 0. The lowest BCUT2D eigenvalue weighted by molar-refractivity contribution is -0.121. The van der Waals surface area contributed by atoms with Crippen LogP contribution in [0, 0.1) is 0 Å². The normalized spacial score (nSPS) is 21.5. The fourth-order valence-corrected chi connectivity index (χ4v) is 3.07. The summed E-state index contributed by atoms with van der Waals surface area (Å²) in [6, 6.07) is 16.8. The SMILES string of the molecule is C[C@]1(c2ccc(C(=O)c3ccccc3)cc2)CCCC1=O. The molecule has 0 N–H and O–H groups in total. The second-order valence-corrected chi connectivity index (χ2v) is 5.88. The molecule has 21 heavy (non-hydrogen) atoms. The van der Waals surface area contributed by atoms with Gasteiger partial charge in [0.15, 0.2) is 5.78 Å². The molecule has 2 nitrogen and oxygen atoms in total. The summed E-state index contributed by atoms with van der Waals surface area (Å²) in [4.78, 5) is 24.4. The van der Waals surface area contributed by atoms with Gasteiger partial charge in [-0.05, 0) is 25.3 Å². The van der Waals surface area contributed by atoms with Gasteiger partial charge in [0.1, 0.15) is 5.78 Å². The largest absolute Gasteiger partial charge is 0.299 e. The van der Waals surface area contributed by atoms with Gasteiger partial charge in [0.25, 0.3) is 0 Å². The molecule has 1 aliphatic carbocycles. The first kappa shape index (κ1) is 13.7. The molecule has 1 fully saturated rings. The van der Waals surface area contributed by atoms with Gasteiger partial charge in [-0.2, -0.15) is 0 Å². The minimum Gasteiger partial charge on any atom is -0.299 e. The summed E-state index contributed by atoms with van der Waals surface area (Å²) in [5.74, 6) is 0.328. The maximum Gasteiger partial charge on any atom is 0.193 e. The summed E-state index contributed by atoms with van der Waals surface area (Å²) in [5, 5.41) is 0. The minimum absolute atomic E-state index is 0.0186. The summed E-state index contributed by atoms with van der Waals surface area (Å²) in [7, 11) is 0. The smallest absolute Gasteiger partial charge is 0.193 e. The molecule has 2 heteroatoms. The van der Waals surface area contributed by atoms with E-state index in [1.807, 2.05) is 61.5 Å². The Morgan fingerprint density at radius 1 is 0.952 bits per heavy atom. The van der Waals surface area contributed by atoms with Gasteiger partial charge in [-0.15, -0.1) is 0 Å². The Kier molecular flexibility index (Phi) is 3.46. The predicted molar refractivity (Wildman–Crippen MR) is 82.5 cm³/mol. The average Bonchev–Trinajstić information content (AvgIpc) is 2.88. The van der Waals surface area contributed by atoms with E-state index >= 15 is 0 Å². The Balaban J connectivity index is 1.88. The van der Waals surface area contributed by atoms with Crippen molar-refractivity contribution in [3.63, 3.8) is 0 Å². The number of carbonyl (C=O) groups is 2. The van der Waals surface area contributed by atoms with Crippen molar-refractivity contribution < 1.29 is 9.59 Å². The van der Waals surface area contributed by atoms with Gasteiger partial charge in [0, 0.05) is 17.5 Å². The van der Waals surface area contributed by atoms with Crippen LogP contribution >= 0.6 is 0 Å². The molecule has 0 unspecified atom stereocenters. The van der Waals surface area contributed by atoms with E-state index in [1.165, 1.54) is 0 Å². The highest BCUT2D eigenvalue weighted by molar-refractivity contribution is 6.09. The molecule has 106 valence electrons. The van der Waals surface area contributed by atoms with Crippen molar-refractivity contribution in [2.24, 2.45) is 0 Å². The molecule has 1 saturated carbocycles. The van der Waals surface area contributed by atoms with Crippen molar-refractivity contribution >= 4 is 11.6 Å². The van der Waals surface area contributed by atoms with Crippen LogP contribution in [-0.2, 0) is 10.2 Å². The molecule has 1 aliphatic rings. The van der Waals surface area contributed by atoms with Crippen LogP contribution in [-0.4, -0.2) is 11.6 Å². The monoisotopic (exact) mass is 278 g/mol. The highest BCUT2D eigenvalue weighted by atomic mass is 16.1. The summed E-state index contributed by atoms with van der Waals surface area (Å²) in [5.41, 5.74) is 2.01. The van der Waals surface area contributed by atoms with Crippen LogP contribution in [0.4, 0.5) is 0 Å². The van der Waals surface area contributed by atoms with Gasteiger partial charge >= 0.3 is 0 Å². The number of benzene rings is 2. The van der Waals surface area contributed by atoms with Gasteiger partial charge in [0.2, 0.25) is 0 Å². The number of ketones is 2. The first-order chi connectivity index (χ1) is 10.1. The second kappa shape index (κ2) is 5.28. The zero-order valence-corrected chi connectivity index (χ0v) is 12.1. The maximum absolute atomic E-state index is 12.4. The third-order valence-electron chi connectivity index (χ3n) is 4.52. The third-order valence-corrected chi connectivity index (χ3v) is 4.52. The topological polar surface area (TPSA) is 34.1 Å². The van der Waals surface area contributed by atoms with Gasteiger partial charge in [-0.3, -0.25) is 9.59 Å². The van der Waals surface area contributed by atoms with Gasteiger partial charge < -0.3 is 0 Å². The molecular formula is C19H18O2. The fraction of sp³-hybridized carbons (Fsp3) is 0.263. The second-order valence-electron chi connectivity index (χ2n) is 5.88. The predicted octanol–water partition coefficient (Wildman–Crippen LogP) is 3.93. The van der Waals surface area contributed by atoms with Crippen molar-refractivity contribution in [3.8, 4) is 0 Å². The molecule has 0 aromatic heterocycles. The molecular weight excluding hydrogens is 260 g/mol. The molecule has 2 aromatic rings. The number of hydrogen-bond acceptors (Lipinski definition) is 2. The highest BCUT2D eigenvalue weighted by Gasteiger charge is 2.38. The minimum atomic E-state index is -0.367. The van der Waals surface area contributed by atoms with Crippen molar-refractivity contribution in [2.75, 3.05) is 0 Å². The summed E-state index contributed by atoms with van der Waals surface area (Å²) in [6.07, 6.45) is 2.53. The zero-order valence-electron chi connectivity index (χ0n) is 12.1. The molecule has 2 aromatic carbocycles. The first-order valence-electron chi connectivity index (χ1n) is 7.35. The molecule has 0 bridgehead atoms. The van der Waals surface area contributed by atoms with Crippen molar-refractivity contribution in [1.82, 2.24) is 0 Å². The lowest BCUT2D eigenvalue weighted by Crippen LogP contribution is -2.26. The molecule has 1 atom stereocenters. The van der Waals surface area contributed by atoms with E-state index < -0.39 is 0 Å². The van der Waals surface area contributed by atoms with E-state index in [2.05, 4.69) is 0 Å². The lowest BCUT2D eigenvalue weighted by Gasteiger charge is -2.22. The van der Waals surface area contributed by atoms with Gasteiger partial charge in [0.05, 0.1) is 5.41 Å². The number of rotatable bonds is 3. The molecule has 0 spiro atoms. The van der Waals surface area contributed by atoms with Crippen LogP contribution in [0.5, 0.6) is 0 Å². The Hall–Kier alpha value is -2.22. The third kappa shape index (κ3) is 2.42. The Labute approximate surface area is 124 Å². The molecule has 3 rings (SSSR count). The summed E-state index contributed by atoms with van der Waals surface area (Å²) in [6.45, 7) is 2.01. The number of carbonyl (C=O) groups excluding carboxylic acids is 2. The number of Topliss-reactive ketones (excluding diaryl/α,β-unsaturated/α-hetero) is 1. The van der Waals surface area contributed by atoms with Crippen LogP contribution < -0.4 is 0 Å². The van der Waals surface area contributed by atoms with E-state index in [4.69, 9.17) is 0 Å². The van der Waals surface area contributed by atoms with E-state index in [0.29, 0.717) is 23.3 Å². The van der Waals surface area contributed by atoms with Crippen LogP contribution in [0.2, 0.25) is 0 Å². The van der Waals surface area contributed by atoms with Crippen LogP contribution in [0.25, 0.3) is 0 Å². The Morgan fingerprint density at radius 2 is 1.57 bits per heavy atom. The first-order valence-corrected chi connectivity index (χ1v) is 7.35. The van der Waals surface area contributed by atoms with E-state index in [1.54, 1.807) is 0 Å². The molecule has 0 heterocycles. The summed E-state index contributed by atoms with van der Waals surface area (Å²) < 4.78 is 0. The van der Waals surface area contributed by atoms with Crippen molar-refractivity contribution in [3.05, 3.63) is 71.3 Å². The average molecular weight is 278 g/mol.